The minimum Gasteiger partial charge on any atom is -0.495 e. The van der Waals surface area contributed by atoms with Crippen LogP contribution in [0.15, 0.2) is 42.5 Å². The number of hydrogen-bond acceptors (Lipinski definition) is 4. The van der Waals surface area contributed by atoms with Gasteiger partial charge in [0.1, 0.15) is 5.75 Å². The first-order chi connectivity index (χ1) is 13.0. The molecule has 0 aliphatic carbocycles. The van der Waals surface area contributed by atoms with Crippen molar-refractivity contribution in [3.05, 3.63) is 53.6 Å². The molecule has 0 bridgehead atoms. The summed E-state index contributed by atoms with van der Waals surface area (Å²) in [7, 11) is 1.62. The van der Waals surface area contributed by atoms with Gasteiger partial charge in [-0.05, 0) is 49.2 Å². The van der Waals surface area contributed by atoms with Gasteiger partial charge < -0.3 is 15.0 Å². The third kappa shape index (κ3) is 5.23. The summed E-state index contributed by atoms with van der Waals surface area (Å²) < 4.78 is 5.33. The molecular formula is C22H29N3O2. The number of methoxy groups -OCH3 is 1. The molecule has 0 aromatic heterocycles. The zero-order valence-electron chi connectivity index (χ0n) is 16.5. The Morgan fingerprint density at radius 2 is 1.78 bits per heavy atom. The van der Waals surface area contributed by atoms with Crippen LogP contribution in [0.2, 0.25) is 0 Å². The van der Waals surface area contributed by atoms with Crippen LogP contribution in [0.3, 0.4) is 0 Å². The Bertz CT molecular complexity index is 783. The maximum absolute atomic E-state index is 12.4. The molecule has 1 aliphatic rings. The standard InChI is InChI=1S/C22H29N3O2/c1-17-5-4-6-19(15-17)25-13-11-24(12-14-25)10-9-22(26)23-20-16-18(2)7-8-21(20)27-3/h4-8,15-16H,9-14H2,1-3H3,(H,23,26). The monoisotopic (exact) mass is 367 g/mol. The zero-order chi connectivity index (χ0) is 19.2. The van der Waals surface area contributed by atoms with Crippen molar-refractivity contribution >= 4 is 17.3 Å². The van der Waals surface area contributed by atoms with Crippen molar-refractivity contribution in [3.63, 3.8) is 0 Å². The van der Waals surface area contributed by atoms with Crippen molar-refractivity contribution in [2.75, 3.05) is 50.1 Å². The summed E-state index contributed by atoms with van der Waals surface area (Å²) >= 11 is 0. The van der Waals surface area contributed by atoms with Crippen LogP contribution < -0.4 is 15.0 Å². The molecule has 0 saturated carbocycles. The summed E-state index contributed by atoms with van der Waals surface area (Å²) in [5.41, 5.74) is 4.42. The van der Waals surface area contributed by atoms with Gasteiger partial charge in [-0.3, -0.25) is 9.69 Å². The number of amides is 1. The Morgan fingerprint density at radius 3 is 2.48 bits per heavy atom. The van der Waals surface area contributed by atoms with Crippen LogP contribution in [0.25, 0.3) is 0 Å². The summed E-state index contributed by atoms with van der Waals surface area (Å²) in [4.78, 5) is 17.1. The normalized spacial score (nSPS) is 14.9. The Hall–Kier alpha value is -2.53. The van der Waals surface area contributed by atoms with Crippen molar-refractivity contribution in [2.24, 2.45) is 0 Å². The molecule has 144 valence electrons. The number of nitrogens with zero attached hydrogens (tertiary/aromatic N) is 2. The first-order valence-electron chi connectivity index (χ1n) is 9.53. The molecule has 0 spiro atoms. The number of piperazine rings is 1. The number of anilines is 2. The molecule has 1 N–H and O–H groups in total. The summed E-state index contributed by atoms with van der Waals surface area (Å²) in [6.45, 7) is 8.86. The lowest BCUT2D eigenvalue weighted by Crippen LogP contribution is -2.47. The first-order valence-corrected chi connectivity index (χ1v) is 9.53. The van der Waals surface area contributed by atoms with Gasteiger partial charge >= 0.3 is 0 Å². The fraction of sp³-hybridized carbons (Fsp3) is 0.409. The molecule has 1 amide bonds. The highest BCUT2D eigenvalue weighted by molar-refractivity contribution is 5.92. The van der Waals surface area contributed by atoms with Crippen LogP contribution in [-0.4, -0.2) is 50.6 Å². The highest BCUT2D eigenvalue weighted by Gasteiger charge is 2.18. The summed E-state index contributed by atoms with van der Waals surface area (Å²) in [5, 5.41) is 2.98. The van der Waals surface area contributed by atoms with Crippen LogP contribution in [0, 0.1) is 13.8 Å². The number of aryl methyl sites for hydroxylation is 2. The third-order valence-corrected chi connectivity index (χ3v) is 5.02. The lowest BCUT2D eigenvalue weighted by atomic mass is 10.2. The third-order valence-electron chi connectivity index (χ3n) is 5.02. The zero-order valence-corrected chi connectivity index (χ0v) is 16.5. The van der Waals surface area contributed by atoms with Crippen LogP contribution >= 0.6 is 0 Å². The molecule has 1 heterocycles. The maximum atomic E-state index is 12.4. The second-order valence-corrected chi connectivity index (χ2v) is 7.17. The fourth-order valence-corrected chi connectivity index (χ4v) is 3.45. The largest absolute Gasteiger partial charge is 0.495 e. The molecule has 2 aromatic carbocycles. The van der Waals surface area contributed by atoms with E-state index in [1.54, 1.807) is 7.11 Å². The predicted molar refractivity (Wildman–Crippen MR) is 111 cm³/mol. The number of hydrogen-bond donors (Lipinski definition) is 1. The van der Waals surface area contributed by atoms with E-state index in [2.05, 4.69) is 46.3 Å². The van der Waals surface area contributed by atoms with Crippen molar-refractivity contribution in [1.29, 1.82) is 0 Å². The Labute approximate surface area is 161 Å². The lowest BCUT2D eigenvalue weighted by molar-refractivity contribution is -0.116. The van der Waals surface area contributed by atoms with Crippen molar-refractivity contribution in [3.8, 4) is 5.75 Å². The maximum Gasteiger partial charge on any atom is 0.225 e. The second kappa shape index (κ2) is 8.91. The molecule has 3 rings (SSSR count). The second-order valence-electron chi connectivity index (χ2n) is 7.17. The number of carbonyl (C=O) groups excluding carboxylic acids is 1. The highest BCUT2D eigenvalue weighted by Crippen LogP contribution is 2.25. The van der Waals surface area contributed by atoms with E-state index in [4.69, 9.17) is 4.74 Å². The molecule has 27 heavy (non-hydrogen) atoms. The Kier molecular flexibility index (Phi) is 6.35. The van der Waals surface area contributed by atoms with Gasteiger partial charge in [0.15, 0.2) is 0 Å². The summed E-state index contributed by atoms with van der Waals surface area (Å²) in [5.74, 6) is 0.723. The molecular weight excluding hydrogens is 338 g/mol. The number of ether oxygens (including phenoxy) is 1. The van der Waals surface area contributed by atoms with Crippen molar-refractivity contribution in [2.45, 2.75) is 20.3 Å². The fourth-order valence-electron chi connectivity index (χ4n) is 3.45. The van der Waals surface area contributed by atoms with Crippen LogP contribution in [0.4, 0.5) is 11.4 Å². The van der Waals surface area contributed by atoms with Gasteiger partial charge in [0.25, 0.3) is 0 Å². The quantitative estimate of drug-likeness (QED) is 0.849. The molecule has 0 radical (unpaired) electrons. The average Bonchev–Trinajstić information content (AvgIpc) is 2.67. The minimum absolute atomic E-state index is 0.0278. The smallest absolute Gasteiger partial charge is 0.225 e. The van der Waals surface area contributed by atoms with E-state index in [9.17, 15) is 4.79 Å². The Balaban J connectivity index is 1.46. The average molecular weight is 367 g/mol. The van der Waals surface area contributed by atoms with Crippen LogP contribution in [0.5, 0.6) is 5.75 Å². The van der Waals surface area contributed by atoms with Gasteiger partial charge in [-0.2, -0.15) is 0 Å². The minimum atomic E-state index is 0.0278. The number of rotatable bonds is 6. The van der Waals surface area contributed by atoms with Crippen molar-refractivity contribution in [1.82, 2.24) is 4.90 Å². The number of nitrogens with one attached hydrogen (secondary N) is 1. The first kappa shape index (κ1) is 19.2. The highest BCUT2D eigenvalue weighted by atomic mass is 16.5. The van der Waals surface area contributed by atoms with E-state index in [-0.39, 0.29) is 5.91 Å². The molecule has 5 nitrogen and oxygen atoms in total. The lowest BCUT2D eigenvalue weighted by Gasteiger charge is -2.36. The van der Waals surface area contributed by atoms with E-state index >= 15 is 0 Å². The van der Waals surface area contributed by atoms with Gasteiger partial charge in [0, 0.05) is 44.8 Å². The molecule has 1 aliphatic heterocycles. The summed E-state index contributed by atoms with van der Waals surface area (Å²) in [6.07, 6.45) is 0.488. The van der Waals surface area contributed by atoms with E-state index < -0.39 is 0 Å². The molecule has 1 fully saturated rings. The van der Waals surface area contributed by atoms with Crippen LogP contribution in [-0.2, 0) is 4.79 Å². The van der Waals surface area contributed by atoms with Gasteiger partial charge in [-0.1, -0.05) is 18.2 Å². The van der Waals surface area contributed by atoms with E-state index in [0.717, 1.165) is 44.0 Å². The van der Waals surface area contributed by atoms with Gasteiger partial charge in [0.05, 0.1) is 12.8 Å². The molecule has 0 unspecified atom stereocenters. The Morgan fingerprint density at radius 1 is 1.04 bits per heavy atom. The van der Waals surface area contributed by atoms with Gasteiger partial charge in [0.2, 0.25) is 5.91 Å². The van der Waals surface area contributed by atoms with Crippen LogP contribution in [0.1, 0.15) is 17.5 Å². The molecule has 1 saturated heterocycles. The molecule has 2 aromatic rings. The van der Waals surface area contributed by atoms with Crippen molar-refractivity contribution < 1.29 is 9.53 Å². The predicted octanol–water partition coefficient (Wildman–Crippen LogP) is 3.46. The van der Waals surface area contributed by atoms with E-state index in [0.29, 0.717) is 12.2 Å². The molecule has 5 heteroatoms. The summed E-state index contributed by atoms with van der Waals surface area (Å²) in [6, 6.07) is 14.4. The van der Waals surface area contributed by atoms with E-state index in [1.165, 1.54) is 11.3 Å². The number of carbonyl (C=O) groups is 1. The van der Waals surface area contributed by atoms with Gasteiger partial charge in [-0.15, -0.1) is 0 Å². The topological polar surface area (TPSA) is 44.8 Å². The molecule has 0 atom stereocenters. The van der Waals surface area contributed by atoms with E-state index in [1.807, 2.05) is 25.1 Å². The number of benzene rings is 2. The SMILES string of the molecule is COc1ccc(C)cc1NC(=O)CCN1CCN(c2cccc(C)c2)CC1. The van der Waals surface area contributed by atoms with Gasteiger partial charge in [-0.25, -0.2) is 0 Å².